The maximum Gasteiger partial charge on any atom is 0.157 e. The van der Waals surface area contributed by atoms with Crippen molar-refractivity contribution < 1.29 is 0 Å². The summed E-state index contributed by atoms with van der Waals surface area (Å²) in [7, 11) is 0. The Morgan fingerprint density at radius 2 is 1.67 bits per heavy atom. The molecule has 172 valence electrons. The van der Waals surface area contributed by atoms with Crippen molar-refractivity contribution in [3.8, 4) is 0 Å². The summed E-state index contributed by atoms with van der Waals surface area (Å²) >= 11 is 0. The fourth-order valence-corrected chi connectivity index (χ4v) is 4.94. The summed E-state index contributed by atoms with van der Waals surface area (Å²) < 4.78 is 1.91. The molecule has 0 aliphatic heterocycles. The molecule has 0 saturated heterocycles. The SMILES string of the molecule is Cc1ccc2nc3c(c(NCCCCCNc4cc(C)nc5cc(C)nn45)c2c1)CCCC3. The molecule has 0 amide bonds. The second kappa shape index (κ2) is 9.38. The second-order valence-corrected chi connectivity index (χ2v) is 9.39. The van der Waals surface area contributed by atoms with Crippen molar-refractivity contribution in [1.29, 1.82) is 0 Å². The van der Waals surface area contributed by atoms with Crippen LogP contribution in [0.3, 0.4) is 0 Å². The Hall–Kier alpha value is -3.15. The zero-order valence-electron chi connectivity index (χ0n) is 20.0. The van der Waals surface area contributed by atoms with Crippen LogP contribution in [-0.4, -0.2) is 32.7 Å². The molecule has 2 N–H and O–H groups in total. The highest BCUT2D eigenvalue weighted by Crippen LogP contribution is 2.33. The summed E-state index contributed by atoms with van der Waals surface area (Å²) in [5.74, 6) is 1.02. The van der Waals surface area contributed by atoms with Gasteiger partial charge in [-0.1, -0.05) is 11.6 Å². The molecular formula is C27H34N6. The van der Waals surface area contributed by atoms with Crippen molar-refractivity contribution in [3.05, 3.63) is 58.5 Å². The molecule has 3 aromatic heterocycles. The van der Waals surface area contributed by atoms with Gasteiger partial charge in [-0.25, -0.2) is 4.98 Å². The number of hydrogen-bond donors (Lipinski definition) is 2. The van der Waals surface area contributed by atoms with Crippen LogP contribution in [0.25, 0.3) is 16.6 Å². The lowest BCUT2D eigenvalue weighted by Crippen LogP contribution is -2.13. The summed E-state index contributed by atoms with van der Waals surface area (Å²) in [5.41, 5.74) is 9.41. The molecule has 1 aliphatic carbocycles. The molecule has 33 heavy (non-hydrogen) atoms. The van der Waals surface area contributed by atoms with E-state index in [4.69, 9.17) is 4.98 Å². The van der Waals surface area contributed by atoms with Gasteiger partial charge in [0.15, 0.2) is 5.65 Å². The summed E-state index contributed by atoms with van der Waals surface area (Å²) in [6.07, 6.45) is 8.23. The van der Waals surface area contributed by atoms with E-state index in [9.17, 15) is 0 Å². The number of aryl methyl sites for hydroxylation is 4. The van der Waals surface area contributed by atoms with Crippen molar-refractivity contribution in [2.24, 2.45) is 0 Å². The number of nitrogens with zero attached hydrogens (tertiary/aromatic N) is 4. The molecule has 5 rings (SSSR count). The minimum atomic E-state index is 0.905. The highest BCUT2D eigenvalue weighted by atomic mass is 15.3. The van der Waals surface area contributed by atoms with Crippen LogP contribution in [0.15, 0.2) is 30.3 Å². The highest BCUT2D eigenvalue weighted by Gasteiger charge is 2.18. The minimum absolute atomic E-state index is 0.905. The van der Waals surface area contributed by atoms with Gasteiger partial charge in [0.25, 0.3) is 0 Å². The van der Waals surface area contributed by atoms with Crippen molar-refractivity contribution in [2.45, 2.75) is 65.7 Å². The van der Waals surface area contributed by atoms with Gasteiger partial charge >= 0.3 is 0 Å². The molecule has 6 heteroatoms. The number of unbranched alkanes of at least 4 members (excludes halogenated alkanes) is 2. The molecule has 3 heterocycles. The normalized spacial score (nSPS) is 13.4. The molecule has 1 aromatic carbocycles. The molecule has 0 saturated carbocycles. The van der Waals surface area contributed by atoms with Crippen LogP contribution in [0, 0.1) is 20.8 Å². The fraction of sp³-hybridized carbons (Fsp3) is 0.444. The highest BCUT2D eigenvalue weighted by molar-refractivity contribution is 5.94. The summed E-state index contributed by atoms with van der Waals surface area (Å²) in [6.45, 7) is 8.13. The Labute approximate surface area is 195 Å². The van der Waals surface area contributed by atoms with Gasteiger partial charge in [-0.15, -0.1) is 0 Å². The van der Waals surface area contributed by atoms with Gasteiger partial charge in [-0.3, -0.25) is 4.98 Å². The summed E-state index contributed by atoms with van der Waals surface area (Å²) in [4.78, 5) is 9.54. The average molecular weight is 443 g/mol. The van der Waals surface area contributed by atoms with Crippen molar-refractivity contribution in [2.75, 3.05) is 23.7 Å². The van der Waals surface area contributed by atoms with E-state index in [1.54, 1.807) is 0 Å². The van der Waals surface area contributed by atoms with Crippen LogP contribution in [0.2, 0.25) is 0 Å². The largest absolute Gasteiger partial charge is 0.384 e. The number of anilines is 2. The van der Waals surface area contributed by atoms with Crippen LogP contribution in [-0.2, 0) is 12.8 Å². The second-order valence-electron chi connectivity index (χ2n) is 9.39. The molecular weight excluding hydrogens is 408 g/mol. The Kier molecular flexibility index (Phi) is 6.16. The number of aromatic nitrogens is 4. The first-order valence-corrected chi connectivity index (χ1v) is 12.3. The molecule has 0 radical (unpaired) electrons. The first kappa shape index (κ1) is 21.7. The third-order valence-electron chi connectivity index (χ3n) is 6.56. The van der Waals surface area contributed by atoms with Crippen molar-refractivity contribution in [1.82, 2.24) is 19.6 Å². The third kappa shape index (κ3) is 4.65. The predicted octanol–water partition coefficient (Wildman–Crippen LogP) is 5.78. The van der Waals surface area contributed by atoms with Crippen LogP contribution >= 0.6 is 0 Å². The van der Waals surface area contributed by atoms with Gasteiger partial charge in [-0.2, -0.15) is 9.61 Å². The lowest BCUT2D eigenvalue weighted by atomic mass is 9.92. The Morgan fingerprint density at radius 3 is 2.55 bits per heavy atom. The summed E-state index contributed by atoms with van der Waals surface area (Å²) in [6, 6.07) is 10.7. The number of nitrogens with one attached hydrogen (secondary N) is 2. The third-order valence-corrected chi connectivity index (χ3v) is 6.56. The number of pyridine rings is 1. The predicted molar refractivity (Wildman–Crippen MR) is 136 cm³/mol. The van der Waals surface area contributed by atoms with Gasteiger partial charge in [-0.05, 0) is 83.4 Å². The first-order valence-electron chi connectivity index (χ1n) is 12.3. The smallest absolute Gasteiger partial charge is 0.157 e. The molecule has 0 unspecified atom stereocenters. The van der Waals surface area contributed by atoms with E-state index in [0.717, 1.165) is 67.1 Å². The van der Waals surface area contributed by atoms with Crippen LogP contribution in [0.1, 0.15) is 60.3 Å². The molecule has 1 aliphatic rings. The average Bonchev–Trinajstić information content (AvgIpc) is 3.18. The number of fused-ring (bicyclic) bond motifs is 3. The lowest BCUT2D eigenvalue weighted by Gasteiger charge is -2.22. The standard InChI is InChI=1S/C27H34N6/c1-18-11-12-24-22(15-18)27(21-9-5-6-10-23(21)31-24)29-14-8-4-7-13-28-25-16-19(2)30-26-17-20(3)32-33(25)26/h11-12,15-17,28H,4-10,13-14H2,1-3H3,(H,29,31). The maximum atomic E-state index is 4.98. The topological polar surface area (TPSA) is 67.1 Å². The van der Waals surface area contributed by atoms with Crippen molar-refractivity contribution >= 4 is 28.1 Å². The zero-order valence-corrected chi connectivity index (χ0v) is 20.0. The van der Waals surface area contributed by atoms with E-state index in [1.165, 1.54) is 47.2 Å². The van der Waals surface area contributed by atoms with Crippen LogP contribution in [0.5, 0.6) is 0 Å². The van der Waals surface area contributed by atoms with E-state index >= 15 is 0 Å². The molecule has 0 bridgehead atoms. The fourth-order valence-electron chi connectivity index (χ4n) is 4.94. The molecule has 0 fully saturated rings. The van der Waals surface area contributed by atoms with E-state index in [2.05, 4.69) is 51.9 Å². The zero-order chi connectivity index (χ0) is 22.8. The van der Waals surface area contributed by atoms with Crippen LogP contribution in [0.4, 0.5) is 11.5 Å². The van der Waals surface area contributed by atoms with E-state index in [0.29, 0.717) is 0 Å². The number of benzene rings is 1. The Balaban J connectivity index is 1.17. The quantitative estimate of drug-likeness (QED) is 0.339. The van der Waals surface area contributed by atoms with Gasteiger partial charge in [0, 0.05) is 47.7 Å². The van der Waals surface area contributed by atoms with E-state index in [1.807, 2.05) is 24.4 Å². The van der Waals surface area contributed by atoms with Gasteiger partial charge < -0.3 is 10.6 Å². The van der Waals surface area contributed by atoms with E-state index < -0.39 is 0 Å². The minimum Gasteiger partial charge on any atom is -0.384 e. The molecule has 4 aromatic rings. The Bertz CT molecular complexity index is 1290. The first-order chi connectivity index (χ1) is 16.1. The van der Waals surface area contributed by atoms with Crippen LogP contribution < -0.4 is 10.6 Å². The molecule has 0 spiro atoms. The Morgan fingerprint density at radius 1 is 0.848 bits per heavy atom. The maximum absolute atomic E-state index is 4.98. The van der Waals surface area contributed by atoms with E-state index in [-0.39, 0.29) is 0 Å². The monoisotopic (exact) mass is 442 g/mol. The molecule has 6 nitrogen and oxygen atoms in total. The van der Waals surface area contributed by atoms with Gasteiger partial charge in [0.05, 0.1) is 11.2 Å². The van der Waals surface area contributed by atoms with Gasteiger partial charge in [0.2, 0.25) is 0 Å². The number of rotatable bonds is 8. The summed E-state index contributed by atoms with van der Waals surface area (Å²) in [5, 5.41) is 13.2. The number of hydrogen-bond acceptors (Lipinski definition) is 5. The van der Waals surface area contributed by atoms with Gasteiger partial charge in [0.1, 0.15) is 5.82 Å². The lowest BCUT2D eigenvalue weighted by molar-refractivity contribution is 0.670. The molecule has 0 atom stereocenters. The van der Waals surface area contributed by atoms with Crippen molar-refractivity contribution in [3.63, 3.8) is 0 Å².